The van der Waals surface area contributed by atoms with Gasteiger partial charge in [0.15, 0.2) is 11.7 Å². The molecule has 0 bridgehead atoms. The zero-order valence-corrected chi connectivity index (χ0v) is 11.9. The summed E-state index contributed by atoms with van der Waals surface area (Å²) in [6.07, 6.45) is -2.52. The van der Waals surface area contributed by atoms with Gasteiger partial charge in [0.1, 0.15) is 17.4 Å². The van der Waals surface area contributed by atoms with E-state index in [1.165, 1.54) is 26.2 Å². The third-order valence-corrected chi connectivity index (χ3v) is 3.79. The highest BCUT2D eigenvalue weighted by atomic mass is 16.6. The summed E-state index contributed by atoms with van der Waals surface area (Å²) in [6, 6.07) is 5.86. The topological polar surface area (TPSA) is 106 Å². The van der Waals surface area contributed by atoms with Crippen LogP contribution in [0, 0.1) is 0 Å². The van der Waals surface area contributed by atoms with Gasteiger partial charge in [0, 0.05) is 23.1 Å². The van der Waals surface area contributed by atoms with E-state index in [0.717, 1.165) is 0 Å². The molecule has 0 spiro atoms. The average Bonchev–Trinajstić information content (AvgIpc) is 2.69. The summed E-state index contributed by atoms with van der Waals surface area (Å²) in [4.78, 5) is 22.9. The van der Waals surface area contributed by atoms with Crippen molar-refractivity contribution in [1.82, 2.24) is 0 Å². The second kappa shape index (κ2) is 4.82. The minimum atomic E-state index is -1.99. The highest BCUT2D eigenvalue weighted by Gasteiger charge is 2.54. The molecule has 1 aliphatic rings. The second-order valence-electron chi connectivity index (χ2n) is 5.30. The molecule has 3 atom stereocenters. The minimum Gasteiger partial charge on any atom is -0.496 e. The molecule has 2 aromatic rings. The molecule has 7 heteroatoms. The summed E-state index contributed by atoms with van der Waals surface area (Å²) < 4.78 is 15.3. The van der Waals surface area contributed by atoms with Gasteiger partial charge in [-0.1, -0.05) is 0 Å². The molecule has 0 radical (unpaired) electrons. The van der Waals surface area contributed by atoms with Crippen LogP contribution >= 0.6 is 0 Å². The molecular formula is C15H14O7. The van der Waals surface area contributed by atoms with Crippen molar-refractivity contribution in [2.75, 3.05) is 7.11 Å². The lowest BCUT2D eigenvalue weighted by atomic mass is 9.93. The maximum Gasteiger partial charge on any atom is 0.341 e. The number of hydrogen-bond acceptors (Lipinski definition) is 7. The van der Waals surface area contributed by atoms with Gasteiger partial charge in [-0.3, -0.25) is 0 Å². The third-order valence-electron chi connectivity index (χ3n) is 3.79. The molecule has 22 heavy (non-hydrogen) atoms. The Balaban J connectivity index is 2.16. The van der Waals surface area contributed by atoms with Crippen molar-refractivity contribution in [3.05, 3.63) is 40.2 Å². The summed E-state index contributed by atoms with van der Waals surface area (Å²) in [5, 5.41) is 20.7. The van der Waals surface area contributed by atoms with Crippen molar-refractivity contribution in [3.63, 3.8) is 0 Å². The molecule has 116 valence electrons. The Morgan fingerprint density at radius 3 is 2.59 bits per heavy atom. The van der Waals surface area contributed by atoms with E-state index < -0.39 is 29.4 Å². The first-order valence-corrected chi connectivity index (χ1v) is 6.58. The van der Waals surface area contributed by atoms with Crippen LogP contribution in [0.3, 0.4) is 0 Å². The molecule has 1 aromatic heterocycles. The van der Waals surface area contributed by atoms with Crippen LogP contribution < -0.4 is 10.4 Å². The van der Waals surface area contributed by atoms with Crippen molar-refractivity contribution < 1.29 is 28.9 Å². The molecule has 0 saturated carbocycles. The van der Waals surface area contributed by atoms with E-state index in [1.807, 2.05) is 0 Å². The number of benzene rings is 1. The fourth-order valence-electron chi connectivity index (χ4n) is 2.46. The van der Waals surface area contributed by atoms with Crippen molar-refractivity contribution in [3.8, 4) is 5.75 Å². The number of methoxy groups -OCH3 is 1. The summed E-state index contributed by atoms with van der Waals surface area (Å²) >= 11 is 0. The summed E-state index contributed by atoms with van der Waals surface area (Å²) in [5.41, 5.74) is -1.81. The molecule has 0 unspecified atom stereocenters. The number of hydrogen-bond donors (Lipinski definition) is 2. The Hall–Kier alpha value is -2.38. The van der Waals surface area contributed by atoms with E-state index in [9.17, 15) is 19.8 Å². The molecule has 1 fully saturated rings. The molecule has 3 rings (SSSR count). The predicted molar refractivity (Wildman–Crippen MR) is 74.5 cm³/mol. The van der Waals surface area contributed by atoms with E-state index >= 15 is 0 Å². The first kappa shape index (κ1) is 14.6. The summed E-state index contributed by atoms with van der Waals surface area (Å²) in [7, 11) is 1.40. The van der Waals surface area contributed by atoms with Crippen LogP contribution in [0.2, 0.25) is 0 Å². The predicted octanol–water partition coefficient (Wildman–Crippen LogP) is 0.511. The van der Waals surface area contributed by atoms with Crippen molar-refractivity contribution in [2.45, 2.75) is 24.7 Å². The number of ether oxygens (including phenoxy) is 2. The molecule has 2 N–H and O–H groups in total. The fraction of sp³-hybridized carbons (Fsp3) is 0.333. The Kier molecular flexibility index (Phi) is 3.19. The number of cyclic esters (lactones) is 1. The van der Waals surface area contributed by atoms with Crippen LogP contribution in [0.4, 0.5) is 0 Å². The Morgan fingerprint density at radius 2 is 2.00 bits per heavy atom. The largest absolute Gasteiger partial charge is 0.496 e. The van der Waals surface area contributed by atoms with Crippen LogP contribution in [0.1, 0.15) is 18.6 Å². The zero-order chi connectivity index (χ0) is 16.1. The number of aliphatic hydroxyl groups excluding tert-OH is 1. The van der Waals surface area contributed by atoms with E-state index in [1.54, 1.807) is 12.1 Å². The summed E-state index contributed by atoms with van der Waals surface area (Å²) in [6.45, 7) is 1.19. The zero-order valence-electron chi connectivity index (χ0n) is 11.9. The molecular weight excluding hydrogens is 292 g/mol. The third kappa shape index (κ3) is 2.06. The van der Waals surface area contributed by atoms with Crippen LogP contribution in [0.5, 0.6) is 5.75 Å². The SMILES string of the molecule is COc1cc2oc(=O)ccc2cc1[C@H]1OC(=O)[C@](C)(O)[C@@H]1O. The molecule has 0 aliphatic carbocycles. The minimum absolute atomic E-state index is 0.274. The molecule has 0 amide bonds. The Labute approximate surface area is 124 Å². The first-order chi connectivity index (χ1) is 10.3. The Bertz CT molecular complexity index is 805. The summed E-state index contributed by atoms with van der Waals surface area (Å²) in [5.74, 6) is -0.636. The monoisotopic (exact) mass is 306 g/mol. The van der Waals surface area contributed by atoms with Gasteiger partial charge in [-0.05, 0) is 19.1 Å². The van der Waals surface area contributed by atoms with Gasteiger partial charge < -0.3 is 24.1 Å². The quantitative estimate of drug-likeness (QED) is 0.615. The lowest BCUT2D eigenvalue weighted by Crippen LogP contribution is -2.41. The smallest absolute Gasteiger partial charge is 0.341 e. The normalized spacial score (nSPS) is 27.9. The molecule has 2 heterocycles. The average molecular weight is 306 g/mol. The van der Waals surface area contributed by atoms with Crippen LogP contribution in [-0.4, -0.2) is 35.0 Å². The van der Waals surface area contributed by atoms with E-state index in [2.05, 4.69) is 0 Å². The Morgan fingerprint density at radius 1 is 1.27 bits per heavy atom. The lowest BCUT2D eigenvalue weighted by molar-refractivity contribution is -0.155. The van der Waals surface area contributed by atoms with Gasteiger partial charge in [0.25, 0.3) is 0 Å². The standard InChI is InChI=1S/C15H14O7/c1-15(19)13(17)12(22-14(15)18)8-5-7-3-4-11(16)21-9(7)6-10(8)20-2/h3-6,12-13,17,19H,1-2H3/t12-,13-,15-/m1/s1. The first-order valence-electron chi connectivity index (χ1n) is 6.58. The lowest BCUT2D eigenvalue weighted by Gasteiger charge is -2.20. The van der Waals surface area contributed by atoms with Crippen LogP contribution in [0.25, 0.3) is 11.0 Å². The van der Waals surface area contributed by atoms with Gasteiger partial charge in [0.2, 0.25) is 0 Å². The molecule has 1 aliphatic heterocycles. The highest BCUT2D eigenvalue weighted by molar-refractivity contribution is 5.84. The van der Waals surface area contributed by atoms with Crippen molar-refractivity contribution in [1.29, 1.82) is 0 Å². The van der Waals surface area contributed by atoms with Crippen LogP contribution in [0.15, 0.2) is 33.5 Å². The molecule has 1 saturated heterocycles. The van der Waals surface area contributed by atoms with Crippen molar-refractivity contribution in [2.24, 2.45) is 0 Å². The molecule has 1 aromatic carbocycles. The maximum atomic E-state index is 11.7. The van der Waals surface area contributed by atoms with Crippen molar-refractivity contribution >= 4 is 16.9 Å². The van der Waals surface area contributed by atoms with Gasteiger partial charge in [-0.2, -0.15) is 0 Å². The van der Waals surface area contributed by atoms with Gasteiger partial charge >= 0.3 is 11.6 Å². The van der Waals surface area contributed by atoms with E-state index in [-0.39, 0.29) is 5.75 Å². The van der Waals surface area contributed by atoms with Gasteiger partial charge in [0.05, 0.1) is 7.11 Å². The fourth-order valence-corrected chi connectivity index (χ4v) is 2.46. The number of rotatable bonds is 2. The number of carbonyl (C=O) groups is 1. The van der Waals surface area contributed by atoms with Crippen LogP contribution in [-0.2, 0) is 9.53 Å². The number of aliphatic hydroxyl groups is 2. The second-order valence-corrected chi connectivity index (χ2v) is 5.30. The van der Waals surface area contributed by atoms with E-state index in [0.29, 0.717) is 16.5 Å². The number of fused-ring (bicyclic) bond motifs is 1. The molecule has 7 nitrogen and oxygen atoms in total. The highest BCUT2D eigenvalue weighted by Crippen LogP contribution is 2.41. The number of carbonyl (C=O) groups excluding carboxylic acids is 1. The van der Waals surface area contributed by atoms with E-state index in [4.69, 9.17) is 13.9 Å². The maximum absolute atomic E-state index is 11.7. The number of esters is 1. The van der Waals surface area contributed by atoms with Gasteiger partial charge in [-0.25, -0.2) is 9.59 Å². The van der Waals surface area contributed by atoms with Gasteiger partial charge in [-0.15, -0.1) is 0 Å².